The zero-order valence-corrected chi connectivity index (χ0v) is 18.0. The van der Waals surface area contributed by atoms with Gasteiger partial charge in [0.2, 0.25) is 5.91 Å². The fraction of sp³-hybridized carbons (Fsp3) is 0.200. The van der Waals surface area contributed by atoms with E-state index < -0.39 is 6.04 Å². The normalized spacial score (nSPS) is 11.3. The Hall–Kier alpha value is -3.49. The quantitative estimate of drug-likeness (QED) is 0.417. The number of rotatable bonds is 9. The summed E-state index contributed by atoms with van der Waals surface area (Å²) in [6.45, 7) is 0.448. The van der Waals surface area contributed by atoms with E-state index in [1.807, 2.05) is 36.4 Å². The molecule has 0 spiro atoms. The number of hydrogen-bond acceptors (Lipinski definition) is 4. The molecule has 31 heavy (non-hydrogen) atoms. The SMILES string of the molecule is COc1ccccc1N(C(=O)CCCl)[C@H](C#N)c1ccc(OCc2ccccc2)cc1. The van der Waals surface area contributed by atoms with E-state index in [0.717, 1.165) is 5.56 Å². The molecule has 3 aromatic carbocycles. The number of amides is 1. The number of benzene rings is 3. The molecule has 0 radical (unpaired) electrons. The second-order valence-electron chi connectivity index (χ2n) is 6.75. The summed E-state index contributed by atoms with van der Waals surface area (Å²) in [6, 6.07) is 25.6. The second-order valence-corrected chi connectivity index (χ2v) is 7.13. The lowest BCUT2D eigenvalue weighted by Crippen LogP contribution is -2.34. The summed E-state index contributed by atoms with van der Waals surface area (Å²) in [6.07, 6.45) is 0.107. The molecule has 1 atom stereocenters. The second kappa shape index (κ2) is 11.1. The van der Waals surface area contributed by atoms with E-state index in [-0.39, 0.29) is 18.2 Å². The summed E-state index contributed by atoms with van der Waals surface area (Å²) in [5, 5.41) is 9.96. The van der Waals surface area contributed by atoms with Gasteiger partial charge in [-0.2, -0.15) is 5.26 Å². The minimum atomic E-state index is -0.838. The molecule has 3 rings (SSSR count). The first kappa shape index (κ1) is 22.2. The molecule has 5 nitrogen and oxygen atoms in total. The molecule has 0 bridgehead atoms. The number of para-hydroxylation sites is 2. The van der Waals surface area contributed by atoms with Crippen molar-refractivity contribution in [2.24, 2.45) is 0 Å². The summed E-state index contributed by atoms with van der Waals surface area (Å²) in [5.74, 6) is 1.10. The molecule has 1 amide bonds. The molecule has 0 aliphatic rings. The van der Waals surface area contributed by atoms with Crippen LogP contribution in [0.15, 0.2) is 78.9 Å². The summed E-state index contributed by atoms with van der Waals surface area (Å²) in [7, 11) is 1.53. The lowest BCUT2D eigenvalue weighted by atomic mass is 10.0. The van der Waals surface area contributed by atoms with Gasteiger partial charge in [-0.3, -0.25) is 9.69 Å². The fourth-order valence-electron chi connectivity index (χ4n) is 3.22. The van der Waals surface area contributed by atoms with Gasteiger partial charge in [-0.15, -0.1) is 11.6 Å². The Balaban J connectivity index is 1.86. The summed E-state index contributed by atoms with van der Waals surface area (Å²) in [4.78, 5) is 14.4. The van der Waals surface area contributed by atoms with Crippen molar-refractivity contribution < 1.29 is 14.3 Å². The van der Waals surface area contributed by atoms with Crippen molar-refractivity contribution in [3.05, 3.63) is 90.0 Å². The molecule has 0 N–H and O–H groups in total. The van der Waals surface area contributed by atoms with Crippen LogP contribution in [-0.2, 0) is 11.4 Å². The van der Waals surface area contributed by atoms with Gasteiger partial charge in [0.05, 0.1) is 18.9 Å². The van der Waals surface area contributed by atoms with Crippen molar-refractivity contribution in [2.45, 2.75) is 19.1 Å². The predicted octanol–water partition coefficient (Wildman–Crippen LogP) is 5.50. The first-order chi connectivity index (χ1) is 15.2. The topological polar surface area (TPSA) is 62.6 Å². The van der Waals surface area contributed by atoms with Crippen LogP contribution in [0.2, 0.25) is 0 Å². The van der Waals surface area contributed by atoms with Gasteiger partial charge in [0, 0.05) is 12.3 Å². The third kappa shape index (κ3) is 5.56. The minimum absolute atomic E-state index is 0.107. The number of carbonyl (C=O) groups is 1. The molecule has 6 heteroatoms. The predicted molar refractivity (Wildman–Crippen MR) is 121 cm³/mol. The standard InChI is InChI=1S/C25H23ClN2O3/c1-30-24-10-6-5-9-22(24)28(25(29)15-16-26)23(17-27)20-11-13-21(14-12-20)31-18-19-7-3-2-4-8-19/h2-14,23H,15-16,18H2,1H3/t23-/m1/s1. The number of alkyl halides is 1. The molecule has 0 aliphatic carbocycles. The van der Waals surface area contributed by atoms with E-state index in [4.69, 9.17) is 21.1 Å². The first-order valence-corrected chi connectivity index (χ1v) is 10.4. The summed E-state index contributed by atoms with van der Waals surface area (Å²) in [5.41, 5.74) is 2.26. The van der Waals surface area contributed by atoms with Gasteiger partial charge in [0.25, 0.3) is 0 Å². The number of hydrogen-bond donors (Lipinski definition) is 0. The van der Waals surface area contributed by atoms with Crippen molar-refractivity contribution in [1.82, 2.24) is 0 Å². The van der Waals surface area contributed by atoms with Crippen LogP contribution in [0.1, 0.15) is 23.6 Å². The maximum Gasteiger partial charge on any atom is 0.229 e. The van der Waals surface area contributed by atoms with E-state index in [0.29, 0.717) is 29.4 Å². The Bertz CT molecular complexity index is 1030. The van der Waals surface area contributed by atoms with Crippen molar-refractivity contribution >= 4 is 23.2 Å². The monoisotopic (exact) mass is 434 g/mol. The first-order valence-electron chi connectivity index (χ1n) is 9.85. The highest BCUT2D eigenvalue weighted by Crippen LogP contribution is 2.35. The van der Waals surface area contributed by atoms with Crippen LogP contribution in [0.3, 0.4) is 0 Å². The Morgan fingerprint density at radius 1 is 1.03 bits per heavy atom. The molecule has 0 saturated carbocycles. The van der Waals surface area contributed by atoms with E-state index in [1.54, 1.807) is 42.5 Å². The highest BCUT2D eigenvalue weighted by Gasteiger charge is 2.28. The fourth-order valence-corrected chi connectivity index (χ4v) is 3.38. The van der Waals surface area contributed by atoms with Crippen molar-refractivity contribution in [3.63, 3.8) is 0 Å². The molecular weight excluding hydrogens is 412 g/mol. The van der Waals surface area contributed by atoms with Crippen molar-refractivity contribution in [3.8, 4) is 17.6 Å². The maximum absolute atomic E-state index is 12.9. The van der Waals surface area contributed by atoms with Gasteiger partial charge in [0.15, 0.2) is 0 Å². The van der Waals surface area contributed by atoms with Crippen LogP contribution >= 0.6 is 11.6 Å². The molecule has 0 unspecified atom stereocenters. The number of nitriles is 1. The van der Waals surface area contributed by atoms with E-state index in [2.05, 4.69) is 6.07 Å². The highest BCUT2D eigenvalue weighted by molar-refractivity contribution is 6.19. The molecule has 3 aromatic rings. The van der Waals surface area contributed by atoms with Gasteiger partial charge >= 0.3 is 0 Å². The zero-order chi connectivity index (χ0) is 22.1. The average Bonchev–Trinajstić information content (AvgIpc) is 2.82. The maximum atomic E-state index is 12.9. The van der Waals surface area contributed by atoms with Crippen LogP contribution in [0.4, 0.5) is 5.69 Å². The summed E-state index contributed by atoms with van der Waals surface area (Å²) >= 11 is 5.82. The Labute approximate surface area is 187 Å². The van der Waals surface area contributed by atoms with Crippen LogP contribution < -0.4 is 14.4 Å². The van der Waals surface area contributed by atoms with Gasteiger partial charge in [-0.05, 0) is 35.4 Å². The molecule has 0 saturated heterocycles. The van der Waals surface area contributed by atoms with Crippen LogP contribution in [-0.4, -0.2) is 18.9 Å². The minimum Gasteiger partial charge on any atom is -0.495 e. The molecule has 0 aliphatic heterocycles. The molecule has 158 valence electrons. The molecular formula is C25H23ClN2O3. The van der Waals surface area contributed by atoms with Gasteiger partial charge in [0.1, 0.15) is 24.1 Å². The number of methoxy groups -OCH3 is 1. The van der Waals surface area contributed by atoms with Crippen LogP contribution in [0.25, 0.3) is 0 Å². The van der Waals surface area contributed by atoms with Crippen LogP contribution in [0.5, 0.6) is 11.5 Å². The molecule has 0 fully saturated rings. The third-order valence-electron chi connectivity index (χ3n) is 4.75. The van der Waals surface area contributed by atoms with Gasteiger partial charge in [-0.1, -0.05) is 54.6 Å². The number of anilines is 1. The van der Waals surface area contributed by atoms with Gasteiger partial charge < -0.3 is 9.47 Å². The molecule has 0 heterocycles. The van der Waals surface area contributed by atoms with Crippen LogP contribution in [0, 0.1) is 11.3 Å². The highest BCUT2D eigenvalue weighted by atomic mass is 35.5. The number of nitrogens with zero attached hydrogens (tertiary/aromatic N) is 2. The van der Waals surface area contributed by atoms with Crippen molar-refractivity contribution in [1.29, 1.82) is 5.26 Å². The largest absolute Gasteiger partial charge is 0.495 e. The number of halogens is 1. The van der Waals surface area contributed by atoms with E-state index in [1.165, 1.54) is 12.0 Å². The van der Waals surface area contributed by atoms with Crippen molar-refractivity contribution in [2.75, 3.05) is 17.9 Å². The summed E-state index contributed by atoms with van der Waals surface area (Å²) < 4.78 is 11.2. The van der Waals surface area contributed by atoms with Gasteiger partial charge in [-0.25, -0.2) is 0 Å². The molecule has 0 aromatic heterocycles. The van der Waals surface area contributed by atoms with E-state index >= 15 is 0 Å². The average molecular weight is 435 g/mol. The third-order valence-corrected chi connectivity index (χ3v) is 4.94. The lowest BCUT2D eigenvalue weighted by Gasteiger charge is -2.29. The zero-order valence-electron chi connectivity index (χ0n) is 17.2. The Morgan fingerprint density at radius 3 is 2.35 bits per heavy atom. The number of carbonyl (C=O) groups excluding carboxylic acids is 1. The number of ether oxygens (including phenoxy) is 2. The van der Waals surface area contributed by atoms with E-state index in [9.17, 15) is 10.1 Å². The lowest BCUT2D eigenvalue weighted by molar-refractivity contribution is -0.118. The smallest absolute Gasteiger partial charge is 0.229 e. The Kier molecular flexibility index (Phi) is 7.91. The Morgan fingerprint density at radius 2 is 1.71 bits per heavy atom.